The van der Waals surface area contributed by atoms with Crippen LogP contribution in [-0.4, -0.2) is 4.75 Å². The standard InChI is InChI=1S/C14H16ClNS/c15-12-5-7-13(8-6-12)17-14(11-16)9-3-1-2-4-10-14/h5-8H,1-4,9-10H2. The van der Waals surface area contributed by atoms with Gasteiger partial charge in [-0.2, -0.15) is 5.26 Å². The molecule has 0 spiro atoms. The van der Waals surface area contributed by atoms with Crippen LogP contribution >= 0.6 is 23.4 Å². The average molecular weight is 266 g/mol. The van der Waals surface area contributed by atoms with Gasteiger partial charge in [-0.15, -0.1) is 11.8 Å². The fraction of sp³-hybridized carbons (Fsp3) is 0.500. The molecule has 0 heterocycles. The second-order valence-corrected chi connectivity index (χ2v) is 6.47. The number of benzene rings is 1. The number of nitrogens with zero attached hydrogens (tertiary/aromatic N) is 1. The van der Waals surface area contributed by atoms with Crippen LogP contribution in [0.3, 0.4) is 0 Å². The molecule has 1 nitrogen and oxygen atoms in total. The van der Waals surface area contributed by atoms with Gasteiger partial charge in [-0.1, -0.05) is 37.3 Å². The molecule has 17 heavy (non-hydrogen) atoms. The molecule has 1 aromatic rings. The predicted octanol–water partition coefficient (Wildman–Crippen LogP) is 5.05. The van der Waals surface area contributed by atoms with Gasteiger partial charge < -0.3 is 0 Å². The first kappa shape index (κ1) is 12.8. The predicted molar refractivity (Wildman–Crippen MR) is 73.4 cm³/mol. The summed E-state index contributed by atoms with van der Waals surface area (Å²) >= 11 is 7.59. The third kappa shape index (κ3) is 3.40. The molecule has 0 saturated heterocycles. The monoisotopic (exact) mass is 265 g/mol. The van der Waals surface area contributed by atoms with Crippen LogP contribution in [0.2, 0.25) is 5.02 Å². The quantitative estimate of drug-likeness (QED) is 0.699. The van der Waals surface area contributed by atoms with Gasteiger partial charge >= 0.3 is 0 Å². The van der Waals surface area contributed by atoms with Gasteiger partial charge in [0, 0.05) is 9.92 Å². The Bertz CT molecular complexity index is 399. The van der Waals surface area contributed by atoms with Crippen molar-refractivity contribution in [1.82, 2.24) is 0 Å². The number of thioether (sulfide) groups is 1. The van der Waals surface area contributed by atoms with Gasteiger partial charge in [0.05, 0.1) is 6.07 Å². The lowest BCUT2D eigenvalue weighted by Gasteiger charge is -2.24. The normalized spacial score (nSPS) is 19.3. The number of hydrogen-bond acceptors (Lipinski definition) is 2. The highest BCUT2D eigenvalue weighted by Crippen LogP contribution is 2.42. The molecule has 2 rings (SSSR count). The molecular formula is C14H16ClNS. The van der Waals surface area contributed by atoms with Crippen molar-refractivity contribution in [1.29, 1.82) is 5.26 Å². The highest BCUT2D eigenvalue weighted by atomic mass is 35.5. The SMILES string of the molecule is N#CC1(Sc2ccc(Cl)cc2)CCCCCC1. The number of rotatable bonds is 2. The molecule has 0 bridgehead atoms. The van der Waals surface area contributed by atoms with E-state index in [4.69, 9.17) is 11.6 Å². The summed E-state index contributed by atoms with van der Waals surface area (Å²) in [6.45, 7) is 0. The summed E-state index contributed by atoms with van der Waals surface area (Å²) in [4.78, 5) is 1.15. The Morgan fingerprint density at radius 3 is 2.18 bits per heavy atom. The van der Waals surface area contributed by atoms with E-state index in [1.807, 2.05) is 24.3 Å². The number of nitriles is 1. The smallest absolute Gasteiger partial charge is 0.107 e. The van der Waals surface area contributed by atoms with E-state index in [9.17, 15) is 5.26 Å². The highest BCUT2D eigenvalue weighted by molar-refractivity contribution is 8.01. The molecule has 0 aliphatic heterocycles. The van der Waals surface area contributed by atoms with Crippen LogP contribution in [0.15, 0.2) is 29.2 Å². The first-order valence-corrected chi connectivity index (χ1v) is 7.29. The molecule has 1 fully saturated rings. The summed E-state index contributed by atoms with van der Waals surface area (Å²) in [6.07, 6.45) is 6.91. The van der Waals surface area contributed by atoms with Gasteiger partial charge in [-0.25, -0.2) is 0 Å². The van der Waals surface area contributed by atoms with Crippen molar-refractivity contribution in [3.8, 4) is 6.07 Å². The third-order valence-corrected chi connectivity index (χ3v) is 4.89. The average Bonchev–Trinajstić information content (AvgIpc) is 2.58. The lowest BCUT2D eigenvalue weighted by molar-refractivity contribution is 0.618. The first-order valence-electron chi connectivity index (χ1n) is 6.10. The van der Waals surface area contributed by atoms with Crippen LogP contribution in [0, 0.1) is 11.3 Å². The van der Waals surface area contributed by atoms with Gasteiger partial charge in [0.1, 0.15) is 4.75 Å². The van der Waals surface area contributed by atoms with E-state index < -0.39 is 0 Å². The van der Waals surface area contributed by atoms with Crippen molar-refractivity contribution in [3.05, 3.63) is 29.3 Å². The Hall–Kier alpha value is -0.650. The largest absolute Gasteiger partial charge is 0.197 e. The molecule has 0 radical (unpaired) electrons. The van der Waals surface area contributed by atoms with Crippen LogP contribution in [0.1, 0.15) is 38.5 Å². The van der Waals surface area contributed by atoms with Crippen molar-refractivity contribution in [3.63, 3.8) is 0 Å². The molecule has 1 aromatic carbocycles. The molecular weight excluding hydrogens is 250 g/mol. The van der Waals surface area contributed by atoms with Crippen molar-refractivity contribution < 1.29 is 0 Å². The maximum atomic E-state index is 9.49. The second-order valence-electron chi connectivity index (χ2n) is 4.58. The molecule has 3 heteroatoms. The van der Waals surface area contributed by atoms with Gasteiger partial charge in [0.25, 0.3) is 0 Å². The zero-order valence-corrected chi connectivity index (χ0v) is 11.4. The summed E-state index contributed by atoms with van der Waals surface area (Å²) < 4.78 is -0.218. The van der Waals surface area contributed by atoms with Gasteiger partial charge in [0.2, 0.25) is 0 Å². The summed E-state index contributed by atoms with van der Waals surface area (Å²) in [7, 11) is 0. The Kier molecular flexibility index (Phi) is 4.36. The maximum Gasteiger partial charge on any atom is 0.107 e. The summed E-state index contributed by atoms with van der Waals surface area (Å²) in [5, 5.41) is 10.2. The molecule has 1 saturated carbocycles. The van der Waals surface area contributed by atoms with Crippen molar-refractivity contribution >= 4 is 23.4 Å². The van der Waals surface area contributed by atoms with E-state index in [1.54, 1.807) is 11.8 Å². The first-order chi connectivity index (χ1) is 8.24. The minimum atomic E-state index is -0.218. The van der Waals surface area contributed by atoms with E-state index in [2.05, 4.69) is 6.07 Å². The van der Waals surface area contributed by atoms with Crippen LogP contribution in [-0.2, 0) is 0 Å². The molecule has 90 valence electrons. The van der Waals surface area contributed by atoms with Crippen LogP contribution < -0.4 is 0 Å². The van der Waals surface area contributed by atoms with E-state index >= 15 is 0 Å². The molecule has 0 amide bonds. The zero-order valence-electron chi connectivity index (χ0n) is 9.79. The Labute approximate surface area is 112 Å². The Morgan fingerprint density at radius 2 is 1.65 bits per heavy atom. The summed E-state index contributed by atoms with van der Waals surface area (Å²) in [5.74, 6) is 0. The van der Waals surface area contributed by atoms with Gasteiger partial charge in [-0.05, 0) is 37.1 Å². The maximum absolute atomic E-state index is 9.49. The molecule has 0 unspecified atom stereocenters. The topological polar surface area (TPSA) is 23.8 Å². The van der Waals surface area contributed by atoms with E-state index in [0.717, 1.165) is 22.8 Å². The summed E-state index contributed by atoms with van der Waals surface area (Å²) in [6, 6.07) is 10.4. The van der Waals surface area contributed by atoms with Crippen molar-refractivity contribution in [2.75, 3.05) is 0 Å². The lowest BCUT2D eigenvalue weighted by Crippen LogP contribution is -2.20. The fourth-order valence-electron chi connectivity index (χ4n) is 2.26. The van der Waals surface area contributed by atoms with Crippen molar-refractivity contribution in [2.24, 2.45) is 0 Å². The van der Waals surface area contributed by atoms with Crippen LogP contribution in [0.5, 0.6) is 0 Å². The molecule has 0 N–H and O–H groups in total. The second kappa shape index (κ2) is 5.80. The van der Waals surface area contributed by atoms with Crippen molar-refractivity contribution in [2.45, 2.75) is 48.2 Å². The number of halogens is 1. The zero-order chi connectivity index (χ0) is 12.1. The molecule has 0 aromatic heterocycles. The van der Waals surface area contributed by atoms with Gasteiger partial charge in [0.15, 0.2) is 0 Å². The van der Waals surface area contributed by atoms with Crippen LogP contribution in [0.25, 0.3) is 0 Å². The number of hydrogen-bond donors (Lipinski definition) is 0. The lowest BCUT2D eigenvalue weighted by atomic mass is 10.0. The molecule has 0 atom stereocenters. The minimum absolute atomic E-state index is 0.218. The Balaban J connectivity index is 2.13. The highest BCUT2D eigenvalue weighted by Gasteiger charge is 2.31. The van der Waals surface area contributed by atoms with E-state index in [-0.39, 0.29) is 4.75 Å². The molecule has 1 aliphatic rings. The molecule has 1 aliphatic carbocycles. The fourth-order valence-corrected chi connectivity index (χ4v) is 3.65. The summed E-state index contributed by atoms with van der Waals surface area (Å²) in [5.41, 5.74) is 0. The van der Waals surface area contributed by atoms with Gasteiger partial charge in [-0.3, -0.25) is 0 Å². The van der Waals surface area contributed by atoms with E-state index in [0.29, 0.717) is 0 Å². The van der Waals surface area contributed by atoms with Crippen LogP contribution in [0.4, 0.5) is 0 Å². The van der Waals surface area contributed by atoms with E-state index in [1.165, 1.54) is 25.7 Å². The minimum Gasteiger partial charge on any atom is -0.197 e. The third-order valence-electron chi connectivity index (χ3n) is 3.24. The Morgan fingerprint density at radius 1 is 1.06 bits per heavy atom.